The zero-order valence-corrected chi connectivity index (χ0v) is 12.5. The highest BCUT2D eigenvalue weighted by Gasteiger charge is 2.32. The maximum absolute atomic E-state index is 12.9. The second-order valence-electron chi connectivity index (χ2n) is 6.08. The summed E-state index contributed by atoms with van der Waals surface area (Å²) >= 11 is 0. The molecular formula is C17H24F3N. The zero-order chi connectivity index (χ0) is 15.3. The van der Waals surface area contributed by atoms with Gasteiger partial charge in [-0.15, -0.1) is 0 Å². The van der Waals surface area contributed by atoms with Gasteiger partial charge in [0.1, 0.15) is 0 Å². The summed E-state index contributed by atoms with van der Waals surface area (Å²) in [5.41, 5.74) is -0.181. The number of alkyl halides is 3. The average molecular weight is 299 g/mol. The van der Waals surface area contributed by atoms with Crippen molar-refractivity contribution < 1.29 is 13.2 Å². The van der Waals surface area contributed by atoms with Crippen molar-refractivity contribution in [2.45, 2.75) is 51.7 Å². The fourth-order valence-corrected chi connectivity index (χ4v) is 3.21. The average Bonchev–Trinajstić information content (AvgIpc) is 2.47. The Hall–Kier alpha value is -1.03. The van der Waals surface area contributed by atoms with Crippen LogP contribution in [0, 0.1) is 11.8 Å². The van der Waals surface area contributed by atoms with Gasteiger partial charge in [0.15, 0.2) is 0 Å². The number of hydrogen-bond acceptors (Lipinski definition) is 1. The molecule has 2 rings (SSSR count). The highest BCUT2D eigenvalue weighted by atomic mass is 19.4. The number of benzene rings is 1. The normalized spacial score (nSPS) is 23.2. The molecule has 0 aliphatic heterocycles. The fourth-order valence-electron chi connectivity index (χ4n) is 3.21. The van der Waals surface area contributed by atoms with Crippen LogP contribution in [0.3, 0.4) is 0 Å². The van der Waals surface area contributed by atoms with Gasteiger partial charge in [-0.3, -0.25) is 0 Å². The third-order valence-corrected chi connectivity index (χ3v) is 4.61. The van der Waals surface area contributed by atoms with Crippen molar-refractivity contribution in [3.8, 4) is 0 Å². The predicted molar refractivity (Wildman–Crippen MR) is 78.9 cm³/mol. The summed E-state index contributed by atoms with van der Waals surface area (Å²) in [6.07, 6.45) is 1.92. The van der Waals surface area contributed by atoms with Crippen LogP contribution in [0.1, 0.15) is 50.2 Å². The monoisotopic (exact) mass is 299 g/mol. The minimum absolute atomic E-state index is 0.295. The number of hydrogen-bond donors (Lipinski definition) is 1. The maximum atomic E-state index is 12.9. The minimum Gasteiger partial charge on any atom is -0.312 e. The summed E-state index contributed by atoms with van der Waals surface area (Å²) < 4.78 is 38.7. The molecule has 21 heavy (non-hydrogen) atoms. The van der Waals surface area contributed by atoms with Crippen molar-refractivity contribution in [1.82, 2.24) is 5.32 Å². The molecule has 0 unspecified atom stereocenters. The van der Waals surface area contributed by atoms with Crippen molar-refractivity contribution in [3.05, 3.63) is 35.4 Å². The van der Waals surface area contributed by atoms with Gasteiger partial charge in [-0.1, -0.05) is 44.4 Å². The number of halogens is 3. The predicted octanol–water partition coefficient (Wildman–Crippen LogP) is 5.01. The molecular weight excluding hydrogens is 275 g/mol. The molecule has 4 heteroatoms. The molecule has 1 aliphatic rings. The van der Waals surface area contributed by atoms with Crippen LogP contribution in [-0.2, 0) is 12.7 Å². The highest BCUT2D eigenvalue weighted by Crippen LogP contribution is 2.32. The first-order chi connectivity index (χ1) is 10.0. The molecule has 0 spiro atoms. The molecule has 1 fully saturated rings. The van der Waals surface area contributed by atoms with Crippen LogP contribution in [0.2, 0.25) is 0 Å². The molecule has 0 heterocycles. The van der Waals surface area contributed by atoms with Gasteiger partial charge in [0.05, 0.1) is 5.56 Å². The van der Waals surface area contributed by atoms with Gasteiger partial charge >= 0.3 is 6.18 Å². The van der Waals surface area contributed by atoms with E-state index in [-0.39, 0.29) is 0 Å². The second kappa shape index (κ2) is 7.30. The van der Waals surface area contributed by atoms with E-state index in [9.17, 15) is 13.2 Å². The van der Waals surface area contributed by atoms with E-state index < -0.39 is 11.7 Å². The third kappa shape index (κ3) is 4.73. The van der Waals surface area contributed by atoms with Crippen LogP contribution in [0.4, 0.5) is 13.2 Å². The molecule has 0 bridgehead atoms. The minimum atomic E-state index is -4.27. The zero-order valence-electron chi connectivity index (χ0n) is 12.5. The van der Waals surface area contributed by atoms with E-state index in [0.717, 1.165) is 18.5 Å². The van der Waals surface area contributed by atoms with E-state index in [2.05, 4.69) is 12.2 Å². The Morgan fingerprint density at radius 3 is 2.29 bits per heavy atom. The molecule has 0 saturated heterocycles. The Labute approximate surface area is 124 Å². The molecule has 1 nitrogen and oxygen atoms in total. The quantitative estimate of drug-likeness (QED) is 0.805. The van der Waals surface area contributed by atoms with E-state index in [1.165, 1.54) is 38.2 Å². The molecule has 1 aliphatic carbocycles. The first-order valence-electron chi connectivity index (χ1n) is 7.86. The standard InChI is InChI=1S/C17H24F3N/c1-2-13-7-9-14(10-8-13)11-21-12-15-5-3-4-6-16(15)17(18,19)20/h3-6,13-14,21H,2,7-12H2,1H3. The first-order valence-corrected chi connectivity index (χ1v) is 7.86. The lowest BCUT2D eigenvalue weighted by Gasteiger charge is -2.28. The Bertz CT molecular complexity index is 434. The van der Waals surface area contributed by atoms with Crippen LogP contribution in [0.15, 0.2) is 24.3 Å². The molecule has 0 aromatic heterocycles. The summed E-state index contributed by atoms with van der Waals surface area (Å²) in [6.45, 7) is 3.35. The van der Waals surface area contributed by atoms with Crippen molar-refractivity contribution in [2.24, 2.45) is 11.8 Å². The van der Waals surface area contributed by atoms with E-state index >= 15 is 0 Å². The van der Waals surface area contributed by atoms with Gasteiger partial charge < -0.3 is 5.32 Å². The van der Waals surface area contributed by atoms with Crippen molar-refractivity contribution in [1.29, 1.82) is 0 Å². The molecule has 1 N–H and O–H groups in total. The summed E-state index contributed by atoms with van der Waals surface area (Å²) in [7, 11) is 0. The topological polar surface area (TPSA) is 12.0 Å². The van der Waals surface area contributed by atoms with Gasteiger partial charge in [-0.25, -0.2) is 0 Å². The van der Waals surface area contributed by atoms with Gasteiger partial charge in [0.2, 0.25) is 0 Å². The van der Waals surface area contributed by atoms with E-state index in [1.54, 1.807) is 12.1 Å². The Morgan fingerprint density at radius 2 is 1.67 bits per heavy atom. The first kappa shape index (κ1) is 16.3. The van der Waals surface area contributed by atoms with Crippen LogP contribution in [0.5, 0.6) is 0 Å². The Balaban J connectivity index is 1.82. The molecule has 1 aromatic rings. The number of rotatable bonds is 5. The fraction of sp³-hybridized carbons (Fsp3) is 0.647. The van der Waals surface area contributed by atoms with Crippen LogP contribution in [0.25, 0.3) is 0 Å². The van der Waals surface area contributed by atoms with Gasteiger partial charge in [-0.2, -0.15) is 13.2 Å². The maximum Gasteiger partial charge on any atom is 0.416 e. The lowest BCUT2D eigenvalue weighted by atomic mass is 9.81. The van der Waals surface area contributed by atoms with Crippen LogP contribution < -0.4 is 5.32 Å². The molecule has 0 amide bonds. The second-order valence-corrected chi connectivity index (χ2v) is 6.08. The molecule has 0 radical (unpaired) electrons. The van der Waals surface area contributed by atoms with E-state index in [1.807, 2.05) is 0 Å². The molecule has 1 aromatic carbocycles. The molecule has 0 atom stereocenters. The van der Waals surface area contributed by atoms with Crippen molar-refractivity contribution in [2.75, 3.05) is 6.54 Å². The highest BCUT2D eigenvalue weighted by molar-refractivity contribution is 5.29. The van der Waals surface area contributed by atoms with Crippen LogP contribution >= 0.6 is 0 Å². The third-order valence-electron chi connectivity index (χ3n) is 4.61. The van der Waals surface area contributed by atoms with Crippen LogP contribution in [-0.4, -0.2) is 6.54 Å². The van der Waals surface area contributed by atoms with Gasteiger partial charge in [-0.05, 0) is 42.9 Å². The SMILES string of the molecule is CCC1CCC(CNCc2ccccc2C(F)(F)F)CC1. The Morgan fingerprint density at radius 1 is 1.05 bits per heavy atom. The summed E-state index contributed by atoms with van der Waals surface area (Å²) in [5, 5.41) is 3.22. The Kier molecular flexibility index (Phi) is 5.68. The summed E-state index contributed by atoms with van der Waals surface area (Å²) in [4.78, 5) is 0. The van der Waals surface area contributed by atoms with Crippen molar-refractivity contribution >= 4 is 0 Å². The van der Waals surface area contributed by atoms with Gasteiger partial charge in [0.25, 0.3) is 0 Å². The largest absolute Gasteiger partial charge is 0.416 e. The summed E-state index contributed by atoms with van der Waals surface area (Å²) in [6, 6.07) is 5.82. The molecule has 118 valence electrons. The summed E-state index contributed by atoms with van der Waals surface area (Å²) in [5.74, 6) is 1.47. The lowest BCUT2D eigenvalue weighted by molar-refractivity contribution is -0.138. The molecule has 1 saturated carbocycles. The number of nitrogens with one attached hydrogen (secondary N) is 1. The smallest absolute Gasteiger partial charge is 0.312 e. The van der Waals surface area contributed by atoms with Gasteiger partial charge in [0, 0.05) is 6.54 Å². The van der Waals surface area contributed by atoms with E-state index in [0.29, 0.717) is 18.0 Å². The van der Waals surface area contributed by atoms with Crippen molar-refractivity contribution in [3.63, 3.8) is 0 Å². The lowest BCUT2D eigenvalue weighted by Crippen LogP contribution is -2.27. The van der Waals surface area contributed by atoms with E-state index in [4.69, 9.17) is 0 Å².